The van der Waals surface area contributed by atoms with Gasteiger partial charge in [-0.25, -0.2) is 9.59 Å². The minimum absolute atomic E-state index is 0.151. The number of allylic oxidation sites excluding steroid dienone is 3. The molecule has 5 nitrogen and oxygen atoms in total. The van der Waals surface area contributed by atoms with E-state index < -0.39 is 12.1 Å². The van der Waals surface area contributed by atoms with E-state index in [0.29, 0.717) is 17.8 Å². The maximum absolute atomic E-state index is 11.9. The predicted octanol–water partition coefficient (Wildman–Crippen LogP) is 2.79. The summed E-state index contributed by atoms with van der Waals surface area (Å²) >= 11 is 0. The largest absolute Gasteiger partial charge is 0.464 e. The van der Waals surface area contributed by atoms with Crippen molar-refractivity contribution in [2.24, 2.45) is 17.8 Å². The van der Waals surface area contributed by atoms with Crippen LogP contribution < -0.4 is 5.32 Å². The van der Waals surface area contributed by atoms with Crippen LogP contribution in [0.25, 0.3) is 0 Å². The van der Waals surface area contributed by atoms with Gasteiger partial charge in [0.2, 0.25) is 0 Å². The van der Waals surface area contributed by atoms with Crippen LogP contribution in [0, 0.1) is 17.8 Å². The third-order valence-corrected chi connectivity index (χ3v) is 4.27. The fourth-order valence-electron chi connectivity index (χ4n) is 2.97. The van der Waals surface area contributed by atoms with Gasteiger partial charge in [-0.3, -0.25) is 5.32 Å². The van der Waals surface area contributed by atoms with Crippen molar-refractivity contribution in [2.75, 3.05) is 7.11 Å². The molecule has 0 aromatic heterocycles. The maximum Gasteiger partial charge on any atom is 0.412 e. The second kappa shape index (κ2) is 6.69. The van der Waals surface area contributed by atoms with E-state index in [1.54, 1.807) is 6.08 Å². The van der Waals surface area contributed by atoms with Gasteiger partial charge in [-0.1, -0.05) is 42.5 Å². The highest BCUT2D eigenvalue weighted by molar-refractivity contribution is 5.92. The van der Waals surface area contributed by atoms with Crippen molar-refractivity contribution in [3.05, 3.63) is 59.8 Å². The predicted molar refractivity (Wildman–Crippen MR) is 84.1 cm³/mol. The second-order valence-corrected chi connectivity index (χ2v) is 5.74. The summed E-state index contributed by atoms with van der Waals surface area (Å²) in [6, 6.07) is 9.36. The van der Waals surface area contributed by atoms with E-state index >= 15 is 0 Å². The molecular formula is C18H19NO4. The summed E-state index contributed by atoms with van der Waals surface area (Å²) in [7, 11) is 1.29. The number of ether oxygens (including phenoxy) is 2. The van der Waals surface area contributed by atoms with Gasteiger partial charge in [0.1, 0.15) is 12.3 Å². The van der Waals surface area contributed by atoms with E-state index in [1.165, 1.54) is 7.11 Å². The van der Waals surface area contributed by atoms with E-state index in [1.807, 2.05) is 30.3 Å². The number of carbonyl (C=O) groups is 2. The molecule has 3 atom stereocenters. The topological polar surface area (TPSA) is 64.6 Å². The van der Waals surface area contributed by atoms with Crippen molar-refractivity contribution < 1.29 is 19.1 Å². The Morgan fingerprint density at radius 1 is 1.30 bits per heavy atom. The first kappa shape index (κ1) is 15.3. The molecule has 1 fully saturated rings. The number of benzene rings is 1. The van der Waals surface area contributed by atoms with Crippen LogP contribution >= 0.6 is 0 Å². The van der Waals surface area contributed by atoms with Crippen LogP contribution in [0.2, 0.25) is 0 Å². The Kier molecular flexibility index (Phi) is 4.46. The van der Waals surface area contributed by atoms with Crippen molar-refractivity contribution in [2.45, 2.75) is 13.0 Å². The maximum atomic E-state index is 11.9. The number of alkyl carbamates (subject to hydrolysis) is 1. The van der Waals surface area contributed by atoms with Crippen LogP contribution in [0.1, 0.15) is 12.0 Å². The average Bonchev–Trinajstić information content (AvgIpc) is 3.00. The minimum atomic E-state index is -0.660. The van der Waals surface area contributed by atoms with Gasteiger partial charge >= 0.3 is 12.1 Å². The lowest BCUT2D eigenvalue weighted by molar-refractivity contribution is -0.136. The van der Waals surface area contributed by atoms with Crippen molar-refractivity contribution in [3.63, 3.8) is 0 Å². The van der Waals surface area contributed by atoms with E-state index in [4.69, 9.17) is 9.47 Å². The molecule has 1 aromatic carbocycles. The number of esters is 1. The van der Waals surface area contributed by atoms with E-state index in [0.717, 1.165) is 12.0 Å². The molecule has 0 radical (unpaired) electrons. The van der Waals surface area contributed by atoms with Crippen LogP contribution in [0.3, 0.4) is 0 Å². The van der Waals surface area contributed by atoms with Crippen LogP contribution in [-0.2, 0) is 20.9 Å². The van der Waals surface area contributed by atoms with Crippen LogP contribution in [0.15, 0.2) is 54.3 Å². The molecule has 23 heavy (non-hydrogen) atoms. The van der Waals surface area contributed by atoms with E-state index in [9.17, 15) is 9.59 Å². The third kappa shape index (κ3) is 3.62. The summed E-state index contributed by atoms with van der Waals surface area (Å²) in [5, 5.41) is 2.50. The first-order valence-corrected chi connectivity index (χ1v) is 7.63. The monoisotopic (exact) mass is 313 g/mol. The Morgan fingerprint density at radius 3 is 2.74 bits per heavy atom. The number of amides is 1. The van der Waals surface area contributed by atoms with Crippen molar-refractivity contribution in [1.29, 1.82) is 0 Å². The average molecular weight is 313 g/mol. The number of rotatable bonds is 5. The van der Waals surface area contributed by atoms with Gasteiger partial charge < -0.3 is 9.47 Å². The minimum Gasteiger partial charge on any atom is -0.464 e. The molecule has 0 heterocycles. The Morgan fingerprint density at radius 2 is 2.09 bits per heavy atom. The highest BCUT2D eigenvalue weighted by Gasteiger charge is 2.49. The van der Waals surface area contributed by atoms with Crippen LogP contribution in [0.5, 0.6) is 0 Å². The lowest BCUT2D eigenvalue weighted by atomic mass is 10.2. The molecule has 3 rings (SSSR count). The van der Waals surface area contributed by atoms with Gasteiger partial charge in [-0.2, -0.15) is 0 Å². The molecule has 2 aliphatic carbocycles. The van der Waals surface area contributed by atoms with Gasteiger partial charge in [-0.05, 0) is 35.8 Å². The molecular weight excluding hydrogens is 294 g/mol. The molecule has 0 aliphatic heterocycles. The number of fused-ring (bicyclic) bond motifs is 1. The van der Waals surface area contributed by atoms with Gasteiger partial charge in [0.05, 0.1) is 7.11 Å². The summed E-state index contributed by atoms with van der Waals surface area (Å²) < 4.78 is 9.87. The fourth-order valence-corrected chi connectivity index (χ4v) is 2.97. The molecule has 3 unspecified atom stereocenters. The van der Waals surface area contributed by atoms with E-state index in [-0.39, 0.29) is 12.3 Å². The van der Waals surface area contributed by atoms with Gasteiger partial charge in [0, 0.05) is 0 Å². The van der Waals surface area contributed by atoms with Crippen LogP contribution in [-0.4, -0.2) is 19.2 Å². The molecule has 1 aromatic rings. The lowest BCUT2D eigenvalue weighted by Crippen LogP contribution is -2.29. The molecule has 0 spiro atoms. The van der Waals surface area contributed by atoms with Gasteiger partial charge in [0.25, 0.3) is 0 Å². The number of carbonyl (C=O) groups excluding carboxylic acids is 2. The summed E-state index contributed by atoms with van der Waals surface area (Å²) in [5.41, 5.74) is 1.03. The zero-order chi connectivity index (χ0) is 16.2. The smallest absolute Gasteiger partial charge is 0.412 e. The molecule has 1 amide bonds. The molecule has 1 saturated carbocycles. The summed E-state index contributed by atoms with van der Waals surface area (Å²) in [6.07, 6.45) is 6.47. The summed E-state index contributed by atoms with van der Waals surface area (Å²) in [5.74, 6) is 0.771. The first-order valence-electron chi connectivity index (χ1n) is 7.63. The first-order chi connectivity index (χ1) is 11.2. The zero-order valence-electron chi connectivity index (χ0n) is 12.9. The Hall–Kier alpha value is -2.56. The highest BCUT2D eigenvalue weighted by atomic mass is 16.6. The molecule has 0 bridgehead atoms. The Bertz CT molecular complexity index is 650. The van der Waals surface area contributed by atoms with Gasteiger partial charge in [0.15, 0.2) is 0 Å². The quantitative estimate of drug-likeness (QED) is 0.516. The molecule has 2 aliphatic rings. The number of methoxy groups -OCH3 is 1. The standard InChI is InChI=1S/C18H19NO4/c1-22-17(20)16(10-15-13-8-5-9-14(13)15)19-18(21)23-11-12-6-3-2-4-7-12/h2-8,10,13-15H,9,11H2,1H3,(H,19,21)/b16-10+. The third-order valence-electron chi connectivity index (χ3n) is 4.27. The molecule has 120 valence electrons. The van der Waals surface area contributed by atoms with E-state index in [2.05, 4.69) is 17.5 Å². The fraction of sp³-hybridized carbons (Fsp3) is 0.333. The van der Waals surface area contributed by atoms with Crippen molar-refractivity contribution >= 4 is 12.1 Å². The summed E-state index contributed by atoms with van der Waals surface area (Å²) in [6.45, 7) is 0.151. The number of nitrogens with one attached hydrogen (secondary N) is 1. The normalized spacial score (nSPS) is 24.7. The zero-order valence-corrected chi connectivity index (χ0v) is 12.9. The number of hydrogen-bond acceptors (Lipinski definition) is 4. The Labute approximate surface area is 135 Å². The van der Waals surface area contributed by atoms with Crippen LogP contribution in [0.4, 0.5) is 4.79 Å². The summed E-state index contributed by atoms with van der Waals surface area (Å²) in [4.78, 5) is 23.7. The lowest BCUT2D eigenvalue weighted by Gasteiger charge is -2.09. The molecule has 1 N–H and O–H groups in total. The SMILES string of the molecule is COC(=O)/C(=C\C1C2C=CCC21)NC(=O)OCc1ccccc1. The van der Waals surface area contributed by atoms with Crippen molar-refractivity contribution in [1.82, 2.24) is 5.32 Å². The molecule has 0 saturated heterocycles. The second-order valence-electron chi connectivity index (χ2n) is 5.74. The van der Waals surface area contributed by atoms with Crippen molar-refractivity contribution in [3.8, 4) is 0 Å². The molecule has 5 heteroatoms. The Balaban J connectivity index is 1.57. The number of hydrogen-bond donors (Lipinski definition) is 1. The highest BCUT2D eigenvalue weighted by Crippen LogP contribution is 2.54. The van der Waals surface area contributed by atoms with Gasteiger partial charge in [-0.15, -0.1) is 0 Å².